The lowest BCUT2D eigenvalue weighted by Crippen LogP contribution is -1.99. The van der Waals surface area contributed by atoms with Gasteiger partial charge in [0.05, 0.1) is 19.5 Å². The van der Waals surface area contributed by atoms with E-state index in [1.807, 2.05) is 56.3 Å². The number of nitrogens with zero attached hydrogens (tertiary/aromatic N) is 2. The highest BCUT2D eigenvalue weighted by Gasteiger charge is 2.07. The van der Waals surface area contributed by atoms with Crippen molar-refractivity contribution >= 4 is 17.3 Å². The fourth-order valence-electron chi connectivity index (χ4n) is 2.33. The average Bonchev–Trinajstić information content (AvgIpc) is 2.65. The number of Topliss-reactive ketones (excluding diaryl/α,β-unsaturated/α-hetero) is 1. The van der Waals surface area contributed by atoms with Crippen LogP contribution in [0.25, 0.3) is 0 Å². The molecule has 0 aliphatic carbocycles. The van der Waals surface area contributed by atoms with E-state index >= 15 is 0 Å². The number of rotatable bonds is 5. The first-order valence-electron chi connectivity index (χ1n) is 8.83. The summed E-state index contributed by atoms with van der Waals surface area (Å²) in [5, 5.41) is 3.24. The molecular weight excluding hydrogens is 354 g/mol. The zero-order valence-corrected chi connectivity index (χ0v) is 16.8. The smallest absolute Gasteiger partial charge is 0.239 e. The summed E-state index contributed by atoms with van der Waals surface area (Å²) >= 11 is 0. The van der Waals surface area contributed by atoms with Crippen LogP contribution < -0.4 is 14.8 Å². The number of benzene rings is 2. The van der Waals surface area contributed by atoms with Gasteiger partial charge in [-0.15, -0.1) is 0 Å². The van der Waals surface area contributed by atoms with E-state index in [-0.39, 0.29) is 5.78 Å². The molecule has 0 atom stereocenters. The summed E-state index contributed by atoms with van der Waals surface area (Å²) in [4.78, 5) is 18.1. The molecule has 0 spiro atoms. The Morgan fingerprint density at radius 2 is 1.71 bits per heavy atom. The molecule has 0 saturated carbocycles. The second-order valence-corrected chi connectivity index (χ2v) is 6.31. The van der Waals surface area contributed by atoms with Gasteiger partial charge in [-0.1, -0.05) is 18.2 Å². The number of aromatic nitrogens is 2. The monoisotopic (exact) mass is 379 g/mol. The van der Waals surface area contributed by atoms with Crippen molar-refractivity contribution in [3.63, 3.8) is 0 Å². The first-order chi connectivity index (χ1) is 13.4. The van der Waals surface area contributed by atoms with Crippen molar-refractivity contribution in [1.29, 1.82) is 0 Å². The van der Waals surface area contributed by atoms with E-state index in [0.717, 1.165) is 28.3 Å². The van der Waals surface area contributed by atoms with E-state index in [0.29, 0.717) is 11.7 Å². The molecule has 0 aliphatic heterocycles. The molecule has 0 fully saturated rings. The number of methoxy groups -OCH3 is 1. The first kappa shape index (κ1) is 20.9. The fraction of sp³-hybridized carbons (Fsp3) is 0.227. The molecule has 1 N–H and O–H groups in total. The highest BCUT2D eigenvalue weighted by Crippen LogP contribution is 2.28. The second kappa shape index (κ2) is 10.1. The van der Waals surface area contributed by atoms with E-state index < -0.39 is 0 Å². The normalized spacial score (nSPS) is 9.75. The maximum atomic E-state index is 9.44. The quantitative estimate of drug-likeness (QED) is 0.654. The van der Waals surface area contributed by atoms with Crippen LogP contribution in [-0.4, -0.2) is 22.9 Å². The summed E-state index contributed by atoms with van der Waals surface area (Å²) < 4.78 is 11.1. The van der Waals surface area contributed by atoms with E-state index in [9.17, 15) is 4.79 Å². The van der Waals surface area contributed by atoms with Gasteiger partial charge in [0.15, 0.2) is 5.82 Å². The highest BCUT2D eigenvalue weighted by atomic mass is 16.5. The number of ketones is 1. The predicted molar refractivity (Wildman–Crippen MR) is 111 cm³/mol. The summed E-state index contributed by atoms with van der Waals surface area (Å²) in [6.07, 6.45) is 3.23. The molecule has 0 aliphatic rings. The van der Waals surface area contributed by atoms with Crippen LogP contribution in [0.15, 0.2) is 54.9 Å². The van der Waals surface area contributed by atoms with Gasteiger partial charge in [0.2, 0.25) is 5.88 Å². The molecule has 3 aromatic rings. The summed E-state index contributed by atoms with van der Waals surface area (Å²) in [5.41, 5.74) is 3.15. The summed E-state index contributed by atoms with van der Waals surface area (Å²) in [6, 6.07) is 13.5. The van der Waals surface area contributed by atoms with Gasteiger partial charge in [-0.3, -0.25) is 4.98 Å². The van der Waals surface area contributed by atoms with Crippen LogP contribution in [0.4, 0.5) is 11.5 Å². The molecule has 6 heteroatoms. The number of hydrogen-bond donors (Lipinski definition) is 1. The lowest BCUT2D eigenvalue weighted by Gasteiger charge is -2.12. The van der Waals surface area contributed by atoms with Gasteiger partial charge in [-0.25, -0.2) is 0 Å². The number of nitrogens with one attached hydrogen (secondary N) is 1. The Morgan fingerprint density at radius 1 is 1.04 bits per heavy atom. The summed E-state index contributed by atoms with van der Waals surface area (Å²) in [6.45, 7) is 7.13. The third kappa shape index (κ3) is 6.39. The molecule has 0 radical (unpaired) electrons. The highest BCUT2D eigenvalue weighted by molar-refractivity contribution is 5.72. The Balaban J connectivity index is 0.000000640. The van der Waals surface area contributed by atoms with Crippen LogP contribution in [0.1, 0.15) is 25.0 Å². The van der Waals surface area contributed by atoms with Gasteiger partial charge in [-0.2, -0.15) is 4.98 Å². The van der Waals surface area contributed by atoms with Gasteiger partial charge in [0.1, 0.15) is 17.3 Å². The van der Waals surface area contributed by atoms with E-state index in [4.69, 9.17) is 9.47 Å². The third-order valence-electron chi connectivity index (χ3n) is 3.69. The van der Waals surface area contributed by atoms with Gasteiger partial charge >= 0.3 is 0 Å². The van der Waals surface area contributed by atoms with E-state index in [2.05, 4.69) is 15.3 Å². The molecule has 146 valence electrons. The van der Waals surface area contributed by atoms with Crippen LogP contribution in [0, 0.1) is 13.8 Å². The number of carbonyl (C=O) groups excluding carboxylic acids is 1. The van der Waals surface area contributed by atoms with Crippen LogP contribution in [0.2, 0.25) is 0 Å². The molecule has 3 rings (SSSR count). The van der Waals surface area contributed by atoms with Crippen LogP contribution in [-0.2, 0) is 4.79 Å². The van der Waals surface area contributed by atoms with Crippen molar-refractivity contribution in [2.45, 2.75) is 27.7 Å². The molecular formula is C22H25N3O3. The molecule has 1 heterocycles. The predicted octanol–water partition coefficient (Wildman–Crippen LogP) is 5.23. The number of para-hydroxylation sites is 1. The number of carbonyl (C=O) groups is 1. The summed E-state index contributed by atoms with van der Waals surface area (Å²) in [5.74, 6) is 2.76. The lowest BCUT2D eigenvalue weighted by molar-refractivity contribution is -0.114. The topological polar surface area (TPSA) is 73.3 Å². The van der Waals surface area contributed by atoms with Crippen LogP contribution in [0.5, 0.6) is 17.4 Å². The van der Waals surface area contributed by atoms with E-state index in [1.165, 1.54) is 13.8 Å². The lowest BCUT2D eigenvalue weighted by atomic mass is 10.1. The molecule has 0 unspecified atom stereocenters. The van der Waals surface area contributed by atoms with Crippen molar-refractivity contribution in [1.82, 2.24) is 9.97 Å². The van der Waals surface area contributed by atoms with Crippen LogP contribution >= 0.6 is 0 Å². The number of hydrogen-bond acceptors (Lipinski definition) is 6. The molecule has 1 aromatic heterocycles. The van der Waals surface area contributed by atoms with Crippen molar-refractivity contribution < 1.29 is 14.3 Å². The fourth-order valence-corrected chi connectivity index (χ4v) is 2.33. The largest absolute Gasteiger partial charge is 0.496 e. The average molecular weight is 379 g/mol. The van der Waals surface area contributed by atoms with Gasteiger partial charge in [-0.05, 0) is 57.0 Å². The van der Waals surface area contributed by atoms with Gasteiger partial charge in [0, 0.05) is 11.8 Å². The van der Waals surface area contributed by atoms with Crippen molar-refractivity contribution in [2.75, 3.05) is 12.4 Å². The minimum Gasteiger partial charge on any atom is -0.496 e. The Bertz CT molecular complexity index is 924. The Hall–Kier alpha value is -3.41. The zero-order chi connectivity index (χ0) is 20.5. The maximum absolute atomic E-state index is 9.44. The molecule has 2 aromatic carbocycles. The second-order valence-electron chi connectivity index (χ2n) is 6.31. The number of anilines is 2. The Labute approximate surface area is 165 Å². The summed E-state index contributed by atoms with van der Waals surface area (Å²) in [7, 11) is 1.67. The van der Waals surface area contributed by atoms with Crippen molar-refractivity contribution in [3.8, 4) is 17.4 Å². The molecule has 28 heavy (non-hydrogen) atoms. The molecule has 6 nitrogen and oxygen atoms in total. The standard InChI is InChI=1S/C19H19N3O2.C3H6O/c1-13-9-15(10-17(23-3)14(13)2)21-18-11-20-12-19(22-18)24-16-7-5-4-6-8-16;1-3(2)4/h4-12H,1-3H3,(H,21,22);1-2H3. The Kier molecular flexibility index (Phi) is 7.51. The van der Waals surface area contributed by atoms with E-state index in [1.54, 1.807) is 19.5 Å². The minimum absolute atomic E-state index is 0.167. The van der Waals surface area contributed by atoms with Gasteiger partial charge in [0.25, 0.3) is 0 Å². The SMILES string of the molecule is CC(C)=O.COc1cc(Nc2cncc(Oc3ccccc3)n2)cc(C)c1C. The van der Waals surface area contributed by atoms with Crippen molar-refractivity contribution in [3.05, 3.63) is 66.0 Å². The number of ether oxygens (including phenoxy) is 2. The maximum Gasteiger partial charge on any atom is 0.239 e. The van der Waals surface area contributed by atoms with Gasteiger partial charge < -0.3 is 19.6 Å². The Morgan fingerprint density at radius 3 is 2.36 bits per heavy atom. The molecule has 0 bridgehead atoms. The third-order valence-corrected chi connectivity index (χ3v) is 3.69. The zero-order valence-electron chi connectivity index (χ0n) is 16.8. The van der Waals surface area contributed by atoms with Crippen LogP contribution in [0.3, 0.4) is 0 Å². The molecule has 0 amide bonds. The first-order valence-corrected chi connectivity index (χ1v) is 8.83. The molecule has 0 saturated heterocycles. The number of aryl methyl sites for hydroxylation is 1. The van der Waals surface area contributed by atoms with Crippen molar-refractivity contribution in [2.24, 2.45) is 0 Å². The minimum atomic E-state index is 0.167.